The van der Waals surface area contributed by atoms with Gasteiger partial charge in [-0.2, -0.15) is 0 Å². The first-order valence-electron chi connectivity index (χ1n) is 5.12. The molecule has 1 unspecified atom stereocenters. The normalized spacial score (nSPS) is 12.6. The standard InChI is InChI=1S/C11H16N2O3/c1-6(2)9(10(14)15)16-11-12-7(3)5-8(4)13-11/h5-6,9H,1-4H3,(H,14,15). The van der Waals surface area contributed by atoms with Crippen molar-refractivity contribution in [2.45, 2.75) is 33.8 Å². The summed E-state index contributed by atoms with van der Waals surface area (Å²) < 4.78 is 5.28. The van der Waals surface area contributed by atoms with Crippen LogP contribution in [0.2, 0.25) is 0 Å². The molecular weight excluding hydrogens is 208 g/mol. The van der Waals surface area contributed by atoms with Gasteiger partial charge in [0.1, 0.15) is 0 Å². The number of aromatic nitrogens is 2. The Kier molecular flexibility index (Phi) is 3.82. The van der Waals surface area contributed by atoms with Crippen LogP contribution < -0.4 is 4.74 Å². The molecule has 1 rings (SSSR count). The van der Waals surface area contributed by atoms with E-state index in [0.717, 1.165) is 11.4 Å². The molecule has 0 spiro atoms. The molecule has 88 valence electrons. The maximum atomic E-state index is 10.9. The fraction of sp³-hybridized carbons (Fsp3) is 0.545. The van der Waals surface area contributed by atoms with Crippen LogP contribution in [0.4, 0.5) is 0 Å². The number of hydrogen-bond donors (Lipinski definition) is 1. The van der Waals surface area contributed by atoms with Gasteiger partial charge in [-0.1, -0.05) is 13.8 Å². The van der Waals surface area contributed by atoms with E-state index in [1.807, 2.05) is 13.8 Å². The lowest BCUT2D eigenvalue weighted by atomic mass is 10.1. The fourth-order valence-corrected chi connectivity index (χ4v) is 1.33. The summed E-state index contributed by atoms with van der Waals surface area (Å²) >= 11 is 0. The number of carbonyl (C=O) groups is 1. The van der Waals surface area contributed by atoms with Crippen LogP contribution in [-0.4, -0.2) is 27.1 Å². The molecule has 1 aromatic rings. The molecule has 0 aromatic carbocycles. The lowest BCUT2D eigenvalue weighted by Crippen LogP contribution is -2.33. The minimum Gasteiger partial charge on any atom is -0.478 e. The van der Waals surface area contributed by atoms with Gasteiger partial charge in [0.2, 0.25) is 6.10 Å². The van der Waals surface area contributed by atoms with Gasteiger partial charge in [0.15, 0.2) is 0 Å². The molecular formula is C11H16N2O3. The van der Waals surface area contributed by atoms with Crippen molar-refractivity contribution in [1.29, 1.82) is 0 Å². The molecule has 1 aromatic heterocycles. The predicted octanol–water partition coefficient (Wildman–Crippen LogP) is 1.58. The molecule has 0 fully saturated rings. The Morgan fingerprint density at radius 1 is 1.31 bits per heavy atom. The third kappa shape index (κ3) is 3.18. The number of rotatable bonds is 4. The Morgan fingerprint density at radius 3 is 2.19 bits per heavy atom. The molecule has 1 atom stereocenters. The number of carboxylic acid groups (broad SMARTS) is 1. The molecule has 1 heterocycles. The quantitative estimate of drug-likeness (QED) is 0.840. The van der Waals surface area contributed by atoms with E-state index in [0.29, 0.717) is 0 Å². The molecule has 0 saturated heterocycles. The van der Waals surface area contributed by atoms with Gasteiger partial charge in [0, 0.05) is 17.3 Å². The van der Waals surface area contributed by atoms with Crippen LogP contribution in [0.5, 0.6) is 6.01 Å². The maximum Gasteiger partial charge on any atom is 0.345 e. The van der Waals surface area contributed by atoms with E-state index in [-0.39, 0.29) is 11.9 Å². The van der Waals surface area contributed by atoms with Crippen LogP contribution in [0.1, 0.15) is 25.2 Å². The van der Waals surface area contributed by atoms with E-state index in [4.69, 9.17) is 9.84 Å². The van der Waals surface area contributed by atoms with E-state index < -0.39 is 12.1 Å². The zero-order valence-corrected chi connectivity index (χ0v) is 9.89. The number of ether oxygens (including phenoxy) is 1. The van der Waals surface area contributed by atoms with Crippen molar-refractivity contribution >= 4 is 5.97 Å². The Balaban J connectivity index is 2.89. The van der Waals surface area contributed by atoms with Crippen LogP contribution in [-0.2, 0) is 4.79 Å². The monoisotopic (exact) mass is 224 g/mol. The van der Waals surface area contributed by atoms with E-state index in [1.165, 1.54) is 0 Å². The van der Waals surface area contributed by atoms with Crippen LogP contribution in [0.25, 0.3) is 0 Å². The van der Waals surface area contributed by atoms with E-state index in [9.17, 15) is 4.79 Å². The molecule has 0 amide bonds. The average Bonchev–Trinajstić information content (AvgIpc) is 2.11. The molecule has 0 aliphatic heterocycles. The van der Waals surface area contributed by atoms with Crippen molar-refractivity contribution in [1.82, 2.24) is 9.97 Å². The summed E-state index contributed by atoms with van der Waals surface area (Å²) in [7, 11) is 0. The van der Waals surface area contributed by atoms with Gasteiger partial charge >= 0.3 is 12.0 Å². The second kappa shape index (κ2) is 4.92. The SMILES string of the molecule is Cc1cc(C)nc(OC(C(=O)O)C(C)C)n1. The Morgan fingerprint density at radius 2 is 1.81 bits per heavy atom. The number of carboxylic acids is 1. The zero-order valence-electron chi connectivity index (χ0n) is 9.89. The highest BCUT2D eigenvalue weighted by Crippen LogP contribution is 2.12. The minimum absolute atomic E-state index is 0.124. The predicted molar refractivity (Wildman–Crippen MR) is 58.4 cm³/mol. The summed E-state index contributed by atoms with van der Waals surface area (Å²) in [6, 6.07) is 1.93. The summed E-state index contributed by atoms with van der Waals surface area (Å²) in [5.74, 6) is -1.14. The summed E-state index contributed by atoms with van der Waals surface area (Å²) in [5.41, 5.74) is 1.52. The van der Waals surface area contributed by atoms with Crippen molar-refractivity contribution in [3.8, 4) is 6.01 Å². The van der Waals surface area contributed by atoms with E-state index >= 15 is 0 Å². The molecule has 16 heavy (non-hydrogen) atoms. The molecule has 5 nitrogen and oxygen atoms in total. The summed E-state index contributed by atoms with van der Waals surface area (Å²) in [6.07, 6.45) is -0.916. The molecule has 0 saturated carbocycles. The van der Waals surface area contributed by atoms with Crippen LogP contribution in [0.15, 0.2) is 6.07 Å². The smallest absolute Gasteiger partial charge is 0.345 e. The van der Waals surface area contributed by atoms with Crippen molar-refractivity contribution in [3.63, 3.8) is 0 Å². The van der Waals surface area contributed by atoms with Gasteiger partial charge in [0.05, 0.1) is 0 Å². The van der Waals surface area contributed by atoms with E-state index in [2.05, 4.69) is 9.97 Å². The first kappa shape index (κ1) is 12.4. The number of nitrogens with zero attached hydrogens (tertiary/aromatic N) is 2. The van der Waals surface area contributed by atoms with Crippen LogP contribution in [0.3, 0.4) is 0 Å². The summed E-state index contributed by atoms with van der Waals surface area (Å²) in [4.78, 5) is 19.0. The lowest BCUT2D eigenvalue weighted by molar-refractivity contribution is -0.147. The van der Waals surface area contributed by atoms with Gasteiger partial charge in [-0.25, -0.2) is 14.8 Å². The summed E-state index contributed by atoms with van der Waals surface area (Å²) in [5, 5.41) is 8.96. The third-order valence-electron chi connectivity index (χ3n) is 2.04. The number of hydrogen-bond acceptors (Lipinski definition) is 4. The topological polar surface area (TPSA) is 72.3 Å². The van der Waals surface area contributed by atoms with Crippen molar-refractivity contribution < 1.29 is 14.6 Å². The number of aryl methyl sites for hydroxylation is 2. The first-order chi connectivity index (χ1) is 7.40. The first-order valence-corrected chi connectivity index (χ1v) is 5.12. The molecule has 0 bridgehead atoms. The van der Waals surface area contributed by atoms with Gasteiger partial charge in [-0.3, -0.25) is 0 Å². The lowest BCUT2D eigenvalue weighted by Gasteiger charge is -2.17. The van der Waals surface area contributed by atoms with Gasteiger partial charge in [0.25, 0.3) is 0 Å². The highest BCUT2D eigenvalue weighted by Gasteiger charge is 2.24. The maximum absolute atomic E-state index is 10.9. The number of aliphatic carboxylic acids is 1. The summed E-state index contributed by atoms with van der Waals surface area (Å²) in [6.45, 7) is 7.18. The Labute approximate surface area is 94.5 Å². The highest BCUT2D eigenvalue weighted by atomic mass is 16.5. The van der Waals surface area contributed by atoms with Crippen molar-refractivity contribution in [3.05, 3.63) is 17.5 Å². The fourth-order valence-electron chi connectivity index (χ4n) is 1.33. The minimum atomic E-state index is -1.00. The van der Waals surface area contributed by atoms with Crippen molar-refractivity contribution in [2.75, 3.05) is 0 Å². The van der Waals surface area contributed by atoms with Crippen LogP contribution >= 0.6 is 0 Å². The molecule has 5 heteroatoms. The molecule has 1 N–H and O–H groups in total. The highest BCUT2D eigenvalue weighted by molar-refractivity contribution is 5.72. The second-order valence-corrected chi connectivity index (χ2v) is 4.05. The zero-order chi connectivity index (χ0) is 12.3. The van der Waals surface area contributed by atoms with Crippen molar-refractivity contribution in [2.24, 2.45) is 5.92 Å². The van der Waals surface area contributed by atoms with Crippen LogP contribution in [0, 0.1) is 19.8 Å². The molecule has 0 radical (unpaired) electrons. The second-order valence-electron chi connectivity index (χ2n) is 4.05. The van der Waals surface area contributed by atoms with Gasteiger partial charge in [-0.05, 0) is 19.9 Å². The Bertz CT molecular complexity index is 371. The average molecular weight is 224 g/mol. The Hall–Kier alpha value is -1.65. The largest absolute Gasteiger partial charge is 0.478 e. The third-order valence-corrected chi connectivity index (χ3v) is 2.04. The van der Waals surface area contributed by atoms with Gasteiger partial charge in [-0.15, -0.1) is 0 Å². The van der Waals surface area contributed by atoms with E-state index in [1.54, 1.807) is 19.9 Å². The molecule has 0 aliphatic carbocycles. The molecule has 0 aliphatic rings. The van der Waals surface area contributed by atoms with Gasteiger partial charge < -0.3 is 9.84 Å².